The molecule has 0 aliphatic carbocycles. The molecular formula is C14H13N3O4S. The number of sulfonamides is 1. The number of nitrogens with one attached hydrogen (secondary N) is 1. The molecule has 0 unspecified atom stereocenters. The summed E-state index contributed by atoms with van der Waals surface area (Å²) in [7, 11) is -3.80. The lowest BCUT2D eigenvalue weighted by molar-refractivity contribution is -0.385. The minimum Gasteiger partial charge on any atom is -0.258 e. The summed E-state index contributed by atoms with van der Waals surface area (Å²) in [4.78, 5) is 12.4. The van der Waals surface area contributed by atoms with Gasteiger partial charge >= 0.3 is 0 Å². The van der Waals surface area contributed by atoms with E-state index in [-0.39, 0.29) is 16.1 Å². The van der Waals surface area contributed by atoms with E-state index in [0.29, 0.717) is 0 Å². The van der Waals surface area contributed by atoms with Gasteiger partial charge < -0.3 is 0 Å². The van der Waals surface area contributed by atoms with Crippen LogP contribution in [0, 0.1) is 17.0 Å². The number of hydrazone groups is 1. The third-order valence-electron chi connectivity index (χ3n) is 2.84. The Morgan fingerprint density at radius 3 is 2.41 bits per heavy atom. The molecule has 0 aliphatic heterocycles. The van der Waals surface area contributed by atoms with Gasteiger partial charge in [0, 0.05) is 6.07 Å². The van der Waals surface area contributed by atoms with Gasteiger partial charge in [-0.15, -0.1) is 0 Å². The van der Waals surface area contributed by atoms with Crippen molar-refractivity contribution >= 4 is 21.9 Å². The highest BCUT2D eigenvalue weighted by atomic mass is 32.2. The van der Waals surface area contributed by atoms with E-state index in [1.807, 2.05) is 11.8 Å². The van der Waals surface area contributed by atoms with Crippen LogP contribution in [-0.2, 0) is 10.0 Å². The third-order valence-corrected chi connectivity index (χ3v) is 4.08. The van der Waals surface area contributed by atoms with Crippen molar-refractivity contribution in [1.29, 1.82) is 0 Å². The fourth-order valence-electron chi connectivity index (χ4n) is 1.70. The van der Waals surface area contributed by atoms with Gasteiger partial charge in [-0.2, -0.15) is 13.5 Å². The number of nitro groups is 1. The van der Waals surface area contributed by atoms with Crippen molar-refractivity contribution in [3.8, 4) is 0 Å². The van der Waals surface area contributed by atoms with Crippen molar-refractivity contribution < 1.29 is 13.3 Å². The summed E-state index contributed by atoms with van der Waals surface area (Å²) < 4.78 is 24.0. The van der Waals surface area contributed by atoms with Crippen molar-refractivity contribution in [3.05, 3.63) is 69.8 Å². The summed E-state index contributed by atoms with van der Waals surface area (Å²) in [6.07, 6.45) is 1.10. The van der Waals surface area contributed by atoms with Gasteiger partial charge in [-0.1, -0.05) is 29.8 Å². The zero-order valence-corrected chi connectivity index (χ0v) is 12.4. The number of hydrogen-bond acceptors (Lipinski definition) is 5. The van der Waals surface area contributed by atoms with Crippen molar-refractivity contribution in [1.82, 2.24) is 4.83 Å². The second kappa shape index (κ2) is 6.35. The van der Waals surface area contributed by atoms with Crippen molar-refractivity contribution in [3.63, 3.8) is 0 Å². The largest absolute Gasteiger partial charge is 0.278 e. The molecule has 0 amide bonds. The normalized spacial score (nSPS) is 11.5. The second-order valence-corrected chi connectivity index (χ2v) is 6.14. The highest BCUT2D eigenvalue weighted by Crippen LogP contribution is 2.15. The lowest BCUT2D eigenvalue weighted by Gasteiger charge is -2.03. The Morgan fingerprint density at radius 1 is 1.14 bits per heavy atom. The van der Waals surface area contributed by atoms with Crippen LogP contribution in [0.15, 0.2) is 58.5 Å². The number of aryl methyl sites for hydroxylation is 1. The van der Waals surface area contributed by atoms with Crippen molar-refractivity contribution in [2.24, 2.45) is 5.10 Å². The van der Waals surface area contributed by atoms with E-state index in [2.05, 4.69) is 5.10 Å². The zero-order chi connectivity index (χ0) is 16.2. The summed E-state index contributed by atoms with van der Waals surface area (Å²) >= 11 is 0. The molecule has 0 spiro atoms. The van der Waals surface area contributed by atoms with E-state index in [9.17, 15) is 18.5 Å². The Kier molecular flexibility index (Phi) is 4.52. The molecule has 0 saturated heterocycles. The first-order chi connectivity index (χ1) is 10.4. The van der Waals surface area contributed by atoms with Gasteiger partial charge in [-0.05, 0) is 25.1 Å². The summed E-state index contributed by atoms with van der Waals surface area (Å²) in [6.45, 7) is 1.84. The molecule has 22 heavy (non-hydrogen) atoms. The molecule has 0 aromatic heterocycles. The van der Waals surface area contributed by atoms with Gasteiger partial charge in [0.2, 0.25) is 0 Å². The van der Waals surface area contributed by atoms with E-state index in [1.165, 1.54) is 30.3 Å². The maximum absolute atomic E-state index is 12.0. The minimum atomic E-state index is -3.80. The molecule has 7 nitrogen and oxygen atoms in total. The standard InChI is InChI=1S/C14H13N3O4S/c1-11-6-8-13(9-7-11)22(20,21)16-15-10-12-4-2-3-5-14(12)17(18)19/h2-10,16H,1H3. The highest BCUT2D eigenvalue weighted by molar-refractivity contribution is 7.89. The van der Waals surface area contributed by atoms with Crippen LogP contribution in [-0.4, -0.2) is 19.6 Å². The quantitative estimate of drug-likeness (QED) is 0.518. The topological polar surface area (TPSA) is 102 Å². The van der Waals surface area contributed by atoms with Gasteiger partial charge in [0.1, 0.15) is 0 Å². The number of hydrogen-bond donors (Lipinski definition) is 1. The van der Waals surface area contributed by atoms with Crippen LogP contribution in [0.4, 0.5) is 5.69 Å². The summed E-state index contributed by atoms with van der Waals surface area (Å²) in [5.41, 5.74) is 0.988. The molecular weight excluding hydrogens is 306 g/mol. The number of rotatable bonds is 5. The molecule has 2 aromatic carbocycles. The van der Waals surface area contributed by atoms with Gasteiger partial charge in [0.15, 0.2) is 0 Å². The lowest BCUT2D eigenvalue weighted by Crippen LogP contribution is -2.18. The lowest BCUT2D eigenvalue weighted by atomic mass is 10.2. The van der Waals surface area contributed by atoms with Crippen LogP contribution >= 0.6 is 0 Å². The Hall–Kier alpha value is -2.74. The molecule has 0 radical (unpaired) electrons. The fourth-order valence-corrected chi connectivity index (χ4v) is 2.49. The van der Waals surface area contributed by atoms with Crippen LogP contribution in [0.1, 0.15) is 11.1 Å². The molecule has 2 rings (SSSR count). The number of nitro benzene ring substituents is 1. The van der Waals surface area contributed by atoms with Gasteiger partial charge in [0.05, 0.1) is 21.6 Å². The van der Waals surface area contributed by atoms with Gasteiger partial charge in [-0.25, -0.2) is 4.83 Å². The molecule has 0 bridgehead atoms. The summed E-state index contributed by atoms with van der Waals surface area (Å²) in [5.74, 6) is 0. The zero-order valence-electron chi connectivity index (χ0n) is 11.6. The van der Waals surface area contributed by atoms with Crippen LogP contribution in [0.3, 0.4) is 0 Å². The maximum atomic E-state index is 12.0. The van der Waals surface area contributed by atoms with Crippen molar-refractivity contribution in [2.75, 3.05) is 0 Å². The average molecular weight is 319 g/mol. The third kappa shape index (κ3) is 3.67. The first kappa shape index (κ1) is 15.6. The predicted molar refractivity (Wildman–Crippen MR) is 82.2 cm³/mol. The Bertz CT molecular complexity index is 814. The average Bonchev–Trinajstić information content (AvgIpc) is 2.48. The first-order valence-corrected chi connectivity index (χ1v) is 7.73. The second-order valence-electron chi connectivity index (χ2n) is 4.48. The predicted octanol–water partition coefficient (Wildman–Crippen LogP) is 2.22. The first-order valence-electron chi connectivity index (χ1n) is 6.25. The summed E-state index contributed by atoms with van der Waals surface area (Å²) in [5, 5.41) is 14.4. The molecule has 8 heteroatoms. The minimum absolute atomic E-state index is 0.0674. The van der Waals surface area contributed by atoms with Crippen LogP contribution in [0.25, 0.3) is 0 Å². The molecule has 114 valence electrons. The van der Waals surface area contributed by atoms with E-state index in [1.54, 1.807) is 18.2 Å². The Labute approximate surface area is 127 Å². The molecule has 0 atom stereocenters. The molecule has 0 aliphatic rings. The maximum Gasteiger partial charge on any atom is 0.278 e. The van der Waals surface area contributed by atoms with Crippen LogP contribution in [0.5, 0.6) is 0 Å². The van der Waals surface area contributed by atoms with E-state index in [0.717, 1.165) is 11.8 Å². The van der Waals surface area contributed by atoms with E-state index >= 15 is 0 Å². The smallest absolute Gasteiger partial charge is 0.258 e. The number of para-hydroxylation sites is 1. The Morgan fingerprint density at radius 2 is 1.77 bits per heavy atom. The molecule has 1 N–H and O–H groups in total. The monoisotopic (exact) mass is 319 g/mol. The highest BCUT2D eigenvalue weighted by Gasteiger charge is 2.13. The van der Waals surface area contributed by atoms with E-state index < -0.39 is 14.9 Å². The fraction of sp³-hybridized carbons (Fsp3) is 0.0714. The van der Waals surface area contributed by atoms with Crippen LogP contribution in [0.2, 0.25) is 0 Å². The van der Waals surface area contributed by atoms with E-state index in [4.69, 9.17) is 0 Å². The molecule has 0 saturated carbocycles. The van der Waals surface area contributed by atoms with Crippen LogP contribution < -0.4 is 4.83 Å². The number of nitrogens with zero attached hydrogens (tertiary/aromatic N) is 2. The van der Waals surface area contributed by atoms with Gasteiger partial charge in [0.25, 0.3) is 15.7 Å². The van der Waals surface area contributed by atoms with Crippen molar-refractivity contribution in [2.45, 2.75) is 11.8 Å². The number of benzene rings is 2. The SMILES string of the molecule is Cc1ccc(S(=O)(=O)NN=Cc2ccccc2[N+](=O)[O-])cc1. The Balaban J connectivity index is 2.19. The molecule has 0 heterocycles. The summed E-state index contributed by atoms with van der Waals surface area (Å²) in [6, 6.07) is 12.2. The van der Waals surface area contributed by atoms with Gasteiger partial charge in [-0.3, -0.25) is 10.1 Å². The molecule has 0 fully saturated rings. The molecule has 2 aromatic rings.